The predicted octanol–water partition coefficient (Wildman–Crippen LogP) is 3.02. The smallest absolute Gasteiger partial charge is 0.244 e. The summed E-state index contributed by atoms with van der Waals surface area (Å²) in [5.41, 5.74) is 2.04. The van der Waals surface area contributed by atoms with E-state index in [1.807, 2.05) is 54.6 Å². The van der Waals surface area contributed by atoms with Crippen LogP contribution in [0.1, 0.15) is 11.1 Å². The van der Waals surface area contributed by atoms with Gasteiger partial charge in [0.1, 0.15) is 5.75 Å². The lowest BCUT2D eigenvalue weighted by molar-refractivity contribution is -0.116. The quantitative estimate of drug-likeness (QED) is 0.846. The summed E-state index contributed by atoms with van der Waals surface area (Å²) in [6, 6.07) is 17.3. The van der Waals surface area contributed by atoms with Crippen molar-refractivity contribution in [1.82, 2.24) is 5.32 Å². The molecule has 3 heteroatoms. The maximum atomic E-state index is 11.7. The molecule has 0 aliphatic carbocycles. The molecule has 2 rings (SSSR count). The molecule has 0 radical (unpaired) electrons. The van der Waals surface area contributed by atoms with Crippen molar-refractivity contribution >= 4 is 12.0 Å². The largest absolute Gasteiger partial charge is 0.497 e. The highest BCUT2D eigenvalue weighted by molar-refractivity contribution is 5.91. The molecule has 2 aromatic rings. The SMILES string of the molecule is COc1ccc(/C=C/C(=O)NCc2ccccc2)cc1. The van der Waals surface area contributed by atoms with E-state index in [9.17, 15) is 4.79 Å². The highest BCUT2D eigenvalue weighted by Gasteiger charge is 1.96. The summed E-state index contributed by atoms with van der Waals surface area (Å²) in [6.07, 6.45) is 3.31. The Morgan fingerprint density at radius 1 is 1.10 bits per heavy atom. The molecule has 20 heavy (non-hydrogen) atoms. The van der Waals surface area contributed by atoms with Gasteiger partial charge in [-0.3, -0.25) is 4.79 Å². The summed E-state index contributed by atoms with van der Waals surface area (Å²) < 4.78 is 5.08. The molecular formula is C17H17NO2. The molecule has 3 nitrogen and oxygen atoms in total. The van der Waals surface area contributed by atoms with E-state index in [0.29, 0.717) is 6.54 Å². The third-order valence-corrected chi connectivity index (χ3v) is 2.85. The number of hydrogen-bond donors (Lipinski definition) is 1. The summed E-state index contributed by atoms with van der Waals surface area (Å²) >= 11 is 0. The van der Waals surface area contributed by atoms with Crippen molar-refractivity contribution in [1.29, 1.82) is 0 Å². The van der Waals surface area contributed by atoms with E-state index in [4.69, 9.17) is 4.74 Å². The van der Waals surface area contributed by atoms with Crippen molar-refractivity contribution in [3.63, 3.8) is 0 Å². The van der Waals surface area contributed by atoms with Crippen LogP contribution in [0.3, 0.4) is 0 Å². The molecule has 0 atom stereocenters. The molecule has 0 spiro atoms. The Bertz CT molecular complexity index is 574. The lowest BCUT2D eigenvalue weighted by atomic mass is 10.2. The van der Waals surface area contributed by atoms with Gasteiger partial charge in [-0.25, -0.2) is 0 Å². The predicted molar refractivity (Wildman–Crippen MR) is 80.3 cm³/mol. The van der Waals surface area contributed by atoms with Gasteiger partial charge in [0.15, 0.2) is 0 Å². The van der Waals surface area contributed by atoms with Crippen molar-refractivity contribution in [3.05, 3.63) is 71.8 Å². The fourth-order valence-electron chi connectivity index (χ4n) is 1.73. The fourth-order valence-corrected chi connectivity index (χ4v) is 1.73. The Morgan fingerprint density at radius 2 is 1.80 bits per heavy atom. The van der Waals surface area contributed by atoms with Crippen LogP contribution in [0, 0.1) is 0 Å². The van der Waals surface area contributed by atoms with Gasteiger partial charge in [-0.05, 0) is 29.3 Å². The van der Waals surface area contributed by atoms with Gasteiger partial charge in [-0.1, -0.05) is 42.5 Å². The van der Waals surface area contributed by atoms with Crippen molar-refractivity contribution in [2.45, 2.75) is 6.54 Å². The molecule has 0 aliphatic heterocycles. The molecule has 0 saturated heterocycles. The number of hydrogen-bond acceptors (Lipinski definition) is 2. The van der Waals surface area contributed by atoms with Crippen LogP contribution in [0.15, 0.2) is 60.7 Å². The Kier molecular flexibility index (Phi) is 4.95. The molecule has 1 amide bonds. The van der Waals surface area contributed by atoms with Crippen molar-refractivity contribution in [2.24, 2.45) is 0 Å². The van der Waals surface area contributed by atoms with E-state index >= 15 is 0 Å². The minimum Gasteiger partial charge on any atom is -0.497 e. The molecule has 0 fully saturated rings. The minimum absolute atomic E-state index is 0.107. The number of methoxy groups -OCH3 is 1. The zero-order valence-electron chi connectivity index (χ0n) is 11.4. The van der Waals surface area contributed by atoms with E-state index in [2.05, 4.69) is 5.32 Å². The van der Waals surface area contributed by atoms with E-state index in [1.165, 1.54) is 6.08 Å². The lowest BCUT2D eigenvalue weighted by Gasteiger charge is -2.02. The maximum Gasteiger partial charge on any atom is 0.244 e. The standard InChI is InChI=1S/C17H17NO2/c1-20-16-10-7-14(8-11-16)9-12-17(19)18-13-15-5-3-2-4-6-15/h2-12H,13H2,1H3,(H,18,19)/b12-9+. The number of amides is 1. The van der Waals surface area contributed by atoms with Gasteiger partial charge in [-0.15, -0.1) is 0 Å². The molecule has 2 aromatic carbocycles. The molecule has 1 N–H and O–H groups in total. The topological polar surface area (TPSA) is 38.3 Å². The van der Waals surface area contributed by atoms with Crippen LogP contribution >= 0.6 is 0 Å². The van der Waals surface area contributed by atoms with Crippen LogP contribution in [-0.2, 0) is 11.3 Å². The van der Waals surface area contributed by atoms with E-state index in [1.54, 1.807) is 13.2 Å². The van der Waals surface area contributed by atoms with Gasteiger partial charge < -0.3 is 10.1 Å². The second kappa shape index (κ2) is 7.14. The first-order chi connectivity index (χ1) is 9.78. The number of carbonyl (C=O) groups excluding carboxylic acids is 1. The van der Waals surface area contributed by atoms with Gasteiger partial charge in [0.2, 0.25) is 5.91 Å². The summed E-state index contributed by atoms with van der Waals surface area (Å²) in [6.45, 7) is 0.534. The molecule has 0 heterocycles. The maximum absolute atomic E-state index is 11.7. The molecule has 0 aromatic heterocycles. The van der Waals surface area contributed by atoms with E-state index in [-0.39, 0.29) is 5.91 Å². The normalized spacial score (nSPS) is 10.4. The number of rotatable bonds is 5. The van der Waals surface area contributed by atoms with Crippen LogP contribution in [0.25, 0.3) is 6.08 Å². The molecule has 0 saturated carbocycles. The van der Waals surface area contributed by atoms with Gasteiger partial charge in [0.25, 0.3) is 0 Å². The third kappa shape index (κ3) is 4.28. The van der Waals surface area contributed by atoms with Crippen LogP contribution in [0.4, 0.5) is 0 Å². The van der Waals surface area contributed by atoms with E-state index < -0.39 is 0 Å². The Hall–Kier alpha value is -2.55. The lowest BCUT2D eigenvalue weighted by Crippen LogP contribution is -2.20. The number of carbonyl (C=O) groups is 1. The fraction of sp³-hybridized carbons (Fsp3) is 0.118. The molecular weight excluding hydrogens is 250 g/mol. The first-order valence-electron chi connectivity index (χ1n) is 6.42. The highest BCUT2D eigenvalue weighted by Crippen LogP contribution is 2.12. The molecule has 102 valence electrons. The van der Waals surface area contributed by atoms with Crippen LogP contribution < -0.4 is 10.1 Å². The summed E-state index contributed by atoms with van der Waals surface area (Å²) in [5.74, 6) is 0.695. The monoisotopic (exact) mass is 267 g/mol. The third-order valence-electron chi connectivity index (χ3n) is 2.85. The van der Waals surface area contributed by atoms with Gasteiger partial charge in [-0.2, -0.15) is 0 Å². The van der Waals surface area contributed by atoms with Crippen molar-refractivity contribution in [3.8, 4) is 5.75 Å². The average molecular weight is 267 g/mol. The molecule has 0 bridgehead atoms. The van der Waals surface area contributed by atoms with Gasteiger partial charge in [0.05, 0.1) is 7.11 Å². The molecule has 0 unspecified atom stereocenters. The second-order valence-corrected chi connectivity index (χ2v) is 4.31. The Morgan fingerprint density at radius 3 is 2.45 bits per heavy atom. The first-order valence-corrected chi connectivity index (χ1v) is 6.42. The average Bonchev–Trinajstić information content (AvgIpc) is 2.52. The molecule has 0 aliphatic rings. The number of nitrogens with one attached hydrogen (secondary N) is 1. The number of ether oxygens (including phenoxy) is 1. The number of benzene rings is 2. The Balaban J connectivity index is 1.85. The van der Waals surface area contributed by atoms with Crippen LogP contribution in [0.5, 0.6) is 5.75 Å². The summed E-state index contributed by atoms with van der Waals surface area (Å²) in [5, 5.41) is 2.84. The zero-order valence-corrected chi connectivity index (χ0v) is 11.4. The van der Waals surface area contributed by atoms with Crippen molar-refractivity contribution in [2.75, 3.05) is 7.11 Å². The summed E-state index contributed by atoms with van der Waals surface area (Å²) in [4.78, 5) is 11.7. The second-order valence-electron chi connectivity index (χ2n) is 4.31. The van der Waals surface area contributed by atoms with Gasteiger partial charge in [0, 0.05) is 12.6 Å². The first kappa shape index (κ1) is 13.9. The van der Waals surface area contributed by atoms with Crippen LogP contribution in [-0.4, -0.2) is 13.0 Å². The van der Waals surface area contributed by atoms with E-state index in [0.717, 1.165) is 16.9 Å². The van der Waals surface area contributed by atoms with Crippen molar-refractivity contribution < 1.29 is 9.53 Å². The highest BCUT2D eigenvalue weighted by atomic mass is 16.5. The minimum atomic E-state index is -0.107. The Labute approximate surface area is 118 Å². The van der Waals surface area contributed by atoms with Crippen LogP contribution in [0.2, 0.25) is 0 Å². The van der Waals surface area contributed by atoms with Gasteiger partial charge >= 0.3 is 0 Å². The zero-order chi connectivity index (χ0) is 14.2. The summed E-state index contributed by atoms with van der Waals surface area (Å²) in [7, 11) is 1.63.